The Labute approximate surface area is 127 Å². The van der Waals surface area contributed by atoms with E-state index in [2.05, 4.69) is 17.4 Å². The number of Topliss-reactive ketones (excluding diaryl/α,β-unsaturated/α-hetero) is 2. The van der Waals surface area contributed by atoms with E-state index < -0.39 is 0 Å². The Bertz CT molecular complexity index is 378. The minimum atomic E-state index is 0.299. The Morgan fingerprint density at radius 1 is 1.00 bits per heavy atom. The minimum Gasteiger partial charge on any atom is -0.300 e. The van der Waals surface area contributed by atoms with Gasteiger partial charge in [0.1, 0.15) is 11.6 Å². The van der Waals surface area contributed by atoms with Crippen LogP contribution in [0.25, 0.3) is 0 Å². The zero-order valence-electron chi connectivity index (χ0n) is 13.1. The van der Waals surface area contributed by atoms with Crippen LogP contribution in [0, 0.1) is 11.8 Å². The van der Waals surface area contributed by atoms with Crippen LogP contribution in [0.1, 0.15) is 58.3 Å². The number of hydrazine groups is 1. The van der Waals surface area contributed by atoms with Gasteiger partial charge in [0.05, 0.1) is 0 Å². The number of nitrogens with one attached hydrogen (secondary N) is 2. The van der Waals surface area contributed by atoms with Crippen molar-refractivity contribution in [1.82, 2.24) is 10.9 Å². The van der Waals surface area contributed by atoms with E-state index in [1.807, 2.05) is 6.92 Å². The molecular weight excluding hydrogens is 264 g/mol. The number of allylic oxidation sites excluding steroid dienone is 1. The van der Waals surface area contributed by atoms with Crippen LogP contribution in [0.3, 0.4) is 0 Å². The van der Waals surface area contributed by atoms with Crippen LogP contribution >= 0.6 is 0 Å². The molecule has 2 unspecified atom stereocenters. The Balaban J connectivity index is 1.92. The lowest BCUT2D eigenvalue weighted by Crippen LogP contribution is -2.41. The lowest BCUT2D eigenvalue weighted by Gasteiger charge is -2.27. The number of hydrogen-bond donors (Lipinski definition) is 2. The summed E-state index contributed by atoms with van der Waals surface area (Å²) in [5.74, 6) is 1.61. The summed E-state index contributed by atoms with van der Waals surface area (Å²) in [6.07, 6.45) is 8.36. The molecule has 4 nitrogen and oxygen atoms in total. The van der Waals surface area contributed by atoms with Crippen LogP contribution in [-0.4, -0.2) is 23.7 Å². The van der Waals surface area contributed by atoms with Gasteiger partial charge in [-0.3, -0.25) is 20.4 Å². The quantitative estimate of drug-likeness (QED) is 0.708. The molecule has 0 spiro atoms. The first-order valence-corrected chi connectivity index (χ1v) is 8.26. The highest BCUT2D eigenvalue weighted by molar-refractivity contribution is 5.80. The molecule has 2 atom stereocenters. The maximum atomic E-state index is 11.8. The predicted octanol–water partition coefficient (Wildman–Crippen LogP) is 2.54. The van der Waals surface area contributed by atoms with E-state index in [4.69, 9.17) is 0 Å². The van der Waals surface area contributed by atoms with Gasteiger partial charge in [-0.2, -0.15) is 0 Å². The standard InChI is InChI=1S/C17H28N2O2/c1-3-5-17(21)11-13-8-14-6-12(10-16(20)4-2)7-15(9-13)19-18-14/h3,12-15,18-19H,1,4-11H2,2H3. The van der Waals surface area contributed by atoms with Gasteiger partial charge in [0.2, 0.25) is 0 Å². The third-order valence-electron chi connectivity index (χ3n) is 4.76. The maximum Gasteiger partial charge on any atom is 0.136 e. The van der Waals surface area contributed by atoms with Crippen LogP contribution in [0.2, 0.25) is 0 Å². The molecule has 2 fully saturated rings. The fourth-order valence-electron chi connectivity index (χ4n) is 3.83. The van der Waals surface area contributed by atoms with Gasteiger partial charge >= 0.3 is 0 Å². The van der Waals surface area contributed by atoms with E-state index >= 15 is 0 Å². The first-order chi connectivity index (χ1) is 10.1. The maximum absolute atomic E-state index is 11.8. The Morgan fingerprint density at radius 3 is 1.90 bits per heavy atom. The Kier molecular flexibility index (Phi) is 6.12. The summed E-state index contributed by atoms with van der Waals surface area (Å²) in [6, 6.07) is 0.766. The van der Waals surface area contributed by atoms with Gasteiger partial charge in [-0.1, -0.05) is 13.0 Å². The monoisotopic (exact) mass is 292 g/mol. The average Bonchev–Trinajstić information content (AvgIpc) is 2.70. The Hall–Kier alpha value is -1.00. The van der Waals surface area contributed by atoms with Crippen molar-refractivity contribution in [2.24, 2.45) is 11.8 Å². The summed E-state index contributed by atoms with van der Waals surface area (Å²) in [7, 11) is 0. The minimum absolute atomic E-state index is 0.299. The molecule has 2 rings (SSSR count). The normalized spacial score (nSPS) is 32.2. The van der Waals surface area contributed by atoms with Crippen LogP contribution < -0.4 is 10.9 Å². The van der Waals surface area contributed by atoms with Crippen molar-refractivity contribution in [3.8, 4) is 0 Å². The van der Waals surface area contributed by atoms with Crippen LogP contribution in [-0.2, 0) is 9.59 Å². The molecule has 0 aliphatic carbocycles. The SMILES string of the molecule is C=CCC(=O)CC1CC2CC(CC(=O)CC)CC(C1)NN2. The number of fused-ring (bicyclic) bond motifs is 3. The number of rotatable bonds is 7. The predicted molar refractivity (Wildman–Crippen MR) is 83.6 cm³/mol. The van der Waals surface area contributed by atoms with E-state index in [1.54, 1.807) is 6.08 Å². The fraction of sp³-hybridized carbons (Fsp3) is 0.765. The molecule has 2 N–H and O–H groups in total. The molecule has 2 aliphatic heterocycles. The summed E-state index contributed by atoms with van der Waals surface area (Å²) in [6.45, 7) is 5.58. The molecule has 2 saturated heterocycles. The lowest BCUT2D eigenvalue weighted by molar-refractivity contribution is -0.120. The molecule has 0 amide bonds. The average molecular weight is 292 g/mol. The lowest BCUT2D eigenvalue weighted by atomic mass is 9.78. The molecule has 2 bridgehead atoms. The first kappa shape index (κ1) is 16.4. The summed E-state index contributed by atoms with van der Waals surface area (Å²) < 4.78 is 0. The molecule has 0 aromatic rings. The fourth-order valence-corrected chi connectivity index (χ4v) is 3.83. The van der Waals surface area contributed by atoms with Gasteiger partial charge in [0, 0.05) is 37.8 Å². The van der Waals surface area contributed by atoms with Gasteiger partial charge in [0.25, 0.3) is 0 Å². The highest BCUT2D eigenvalue weighted by Crippen LogP contribution is 2.32. The van der Waals surface area contributed by atoms with Crippen molar-refractivity contribution in [3.63, 3.8) is 0 Å². The van der Waals surface area contributed by atoms with Crippen molar-refractivity contribution in [2.45, 2.75) is 70.4 Å². The third-order valence-corrected chi connectivity index (χ3v) is 4.76. The van der Waals surface area contributed by atoms with E-state index in [9.17, 15) is 9.59 Å². The van der Waals surface area contributed by atoms with Gasteiger partial charge in [-0.05, 0) is 37.5 Å². The second kappa shape index (κ2) is 7.85. The molecular formula is C17H28N2O2. The van der Waals surface area contributed by atoms with Gasteiger partial charge < -0.3 is 0 Å². The molecule has 0 radical (unpaired) electrons. The molecule has 0 aromatic carbocycles. The first-order valence-electron chi connectivity index (χ1n) is 8.26. The molecule has 21 heavy (non-hydrogen) atoms. The molecule has 0 saturated carbocycles. The van der Waals surface area contributed by atoms with E-state index in [0.29, 0.717) is 61.2 Å². The summed E-state index contributed by atoms with van der Waals surface area (Å²) in [4.78, 5) is 23.5. The Morgan fingerprint density at radius 2 is 1.48 bits per heavy atom. The van der Waals surface area contributed by atoms with Gasteiger partial charge in [0.15, 0.2) is 0 Å². The van der Waals surface area contributed by atoms with Crippen molar-refractivity contribution in [3.05, 3.63) is 12.7 Å². The molecule has 0 aromatic heterocycles. The topological polar surface area (TPSA) is 58.2 Å². The molecule has 118 valence electrons. The summed E-state index contributed by atoms with van der Waals surface area (Å²) >= 11 is 0. The third kappa shape index (κ3) is 5.04. The number of ketones is 2. The highest BCUT2D eigenvalue weighted by atomic mass is 16.1. The van der Waals surface area contributed by atoms with Crippen molar-refractivity contribution >= 4 is 11.6 Å². The van der Waals surface area contributed by atoms with E-state index in [-0.39, 0.29) is 0 Å². The summed E-state index contributed by atoms with van der Waals surface area (Å²) in [5.41, 5.74) is 6.81. The van der Waals surface area contributed by atoms with Crippen molar-refractivity contribution in [1.29, 1.82) is 0 Å². The largest absolute Gasteiger partial charge is 0.300 e. The van der Waals surface area contributed by atoms with Gasteiger partial charge in [-0.25, -0.2) is 0 Å². The van der Waals surface area contributed by atoms with E-state index in [0.717, 1.165) is 25.7 Å². The molecule has 2 heterocycles. The zero-order chi connectivity index (χ0) is 15.2. The number of carbonyl (C=O) groups excluding carboxylic acids is 2. The summed E-state index contributed by atoms with van der Waals surface area (Å²) in [5, 5.41) is 0. The number of hydrogen-bond acceptors (Lipinski definition) is 4. The van der Waals surface area contributed by atoms with Crippen molar-refractivity contribution in [2.75, 3.05) is 0 Å². The van der Waals surface area contributed by atoms with Crippen LogP contribution in [0.5, 0.6) is 0 Å². The van der Waals surface area contributed by atoms with Crippen LogP contribution in [0.4, 0.5) is 0 Å². The van der Waals surface area contributed by atoms with Crippen LogP contribution in [0.15, 0.2) is 12.7 Å². The van der Waals surface area contributed by atoms with Crippen molar-refractivity contribution < 1.29 is 9.59 Å². The van der Waals surface area contributed by atoms with Gasteiger partial charge in [-0.15, -0.1) is 6.58 Å². The molecule has 4 heteroatoms. The second-order valence-corrected chi connectivity index (χ2v) is 6.69. The second-order valence-electron chi connectivity index (χ2n) is 6.69. The smallest absolute Gasteiger partial charge is 0.136 e. The van der Waals surface area contributed by atoms with E-state index in [1.165, 1.54) is 0 Å². The molecule has 2 aliphatic rings. The zero-order valence-corrected chi connectivity index (χ0v) is 13.1. The highest BCUT2D eigenvalue weighted by Gasteiger charge is 2.33. The number of carbonyl (C=O) groups is 2.